The van der Waals surface area contributed by atoms with Crippen LogP contribution < -0.4 is 4.74 Å². The minimum absolute atomic E-state index is 0.0202. The Kier molecular flexibility index (Phi) is 3.77. The van der Waals surface area contributed by atoms with Crippen LogP contribution in [-0.2, 0) is 5.41 Å². The van der Waals surface area contributed by atoms with Crippen LogP contribution in [0.1, 0.15) is 47.4 Å². The zero-order chi connectivity index (χ0) is 18.5. The molecule has 26 heavy (non-hydrogen) atoms. The number of aliphatic hydroxyl groups is 1. The topological polar surface area (TPSA) is 82.5 Å². The molecule has 0 fully saturated rings. The average Bonchev–Trinajstić information content (AvgIpc) is 3.00. The molecule has 0 bridgehead atoms. The van der Waals surface area contributed by atoms with Gasteiger partial charge in [-0.3, -0.25) is 4.79 Å². The van der Waals surface area contributed by atoms with Crippen molar-refractivity contribution in [2.24, 2.45) is 0 Å². The summed E-state index contributed by atoms with van der Waals surface area (Å²) in [5.74, 6) is 0.835. The van der Waals surface area contributed by atoms with Crippen LogP contribution in [0.3, 0.4) is 0 Å². The number of aromatic nitrogens is 1. The quantitative estimate of drug-likeness (QED) is 0.628. The Morgan fingerprint density at radius 1 is 1.15 bits per heavy atom. The van der Waals surface area contributed by atoms with Crippen LogP contribution in [0, 0.1) is 0 Å². The Morgan fingerprint density at radius 3 is 2.73 bits per heavy atom. The molecule has 0 saturated heterocycles. The molecule has 3 N–H and O–H groups in total. The highest BCUT2D eigenvalue weighted by Gasteiger charge is 2.39. The van der Waals surface area contributed by atoms with Crippen molar-refractivity contribution in [3.63, 3.8) is 0 Å². The molecule has 0 saturated carbocycles. The maximum absolute atomic E-state index is 13.2. The lowest BCUT2D eigenvalue weighted by molar-refractivity contribution is 0.103. The van der Waals surface area contributed by atoms with Crippen molar-refractivity contribution in [1.29, 1.82) is 0 Å². The molecule has 0 radical (unpaired) electrons. The Hall–Kier alpha value is -2.79. The van der Waals surface area contributed by atoms with Gasteiger partial charge < -0.3 is 19.9 Å². The summed E-state index contributed by atoms with van der Waals surface area (Å²) in [4.78, 5) is 16.5. The van der Waals surface area contributed by atoms with Gasteiger partial charge >= 0.3 is 0 Å². The van der Waals surface area contributed by atoms with Gasteiger partial charge in [0.1, 0.15) is 11.5 Å². The molecule has 1 heterocycles. The maximum atomic E-state index is 13.2. The van der Waals surface area contributed by atoms with E-state index in [1.54, 1.807) is 24.3 Å². The lowest BCUT2D eigenvalue weighted by Crippen LogP contribution is -2.30. The number of ketones is 1. The normalized spacial score (nSPS) is 15.0. The summed E-state index contributed by atoms with van der Waals surface area (Å²) < 4.78 is 5.69. The number of phenolic OH excluding ortho intramolecular Hbond substituents is 1. The van der Waals surface area contributed by atoms with Gasteiger partial charge in [0.15, 0.2) is 5.78 Å². The molecule has 2 aromatic carbocycles. The number of aromatic hydroxyl groups is 1. The van der Waals surface area contributed by atoms with E-state index in [-0.39, 0.29) is 18.1 Å². The van der Waals surface area contributed by atoms with Gasteiger partial charge in [0.2, 0.25) is 0 Å². The second kappa shape index (κ2) is 5.88. The van der Waals surface area contributed by atoms with Crippen LogP contribution in [0.2, 0.25) is 0 Å². The number of benzene rings is 2. The summed E-state index contributed by atoms with van der Waals surface area (Å²) >= 11 is 0. The summed E-state index contributed by atoms with van der Waals surface area (Å²) in [5.41, 5.74) is 3.44. The third-order valence-corrected chi connectivity index (χ3v) is 5.11. The molecule has 1 aliphatic carbocycles. The van der Waals surface area contributed by atoms with E-state index in [1.165, 1.54) is 0 Å². The monoisotopic (exact) mass is 351 g/mol. The van der Waals surface area contributed by atoms with E-state index in [2.05, 4.69) is 18.8 Å². The van der Waals surface area contributed by atoms with Crippen LogP contribution in [0.5, 0.6) is 11.5 Å². The van der Waals surface area contributed by atoms with E-state index in [0.29, 0.717) is 29.9 Å². The van der Waals surface area contributed by atoms with E-state index in [0.717, 1.165) is 22.2 Å². The minimum Gasteiger partial charge on any atom is -0.508 e. The van der Waals surface area contributed by atoms with E-state index in [4.69, 9.17) is 9.84 Å². The smallest absolute Gasteiger partial charge is 0.195 e. The zero-order valence-electron chi connectivity index (χ0n) is 14.8. The molecule has 0 spiro atoms. The Bertz CT molecular complexity index is 1020. The van der Waals surface area contributed by atoms with Gasteiger partial charge in [-0.1, -0.05) is 13.8 Å². The van der Waals surface area contributed by atoms with E-state index in [9.17, 15) is 9.90 Å². The molecule has 0 aliphatic heterocycles. The molecular weight excluding hydrogens is 330 g/mol. The van der Waals surface area contributed by atoms with Crippen LogP contribution >= 0.6 is 0 Å². The molecule has 3 aromatic rings. The standard InChI is InChI=1S/C21H21NO4/c1-21(2)16-11-13(26-9-3-8-23)5-7-14(16)19(25)18-15-6-4-12(24)10-17(15)22-20(18)21/h4-7,10-11,22-24H,3,8-9H2,1-2H3. The second-order valence-electron chi connectivity index (χ2n) is 7.19. The second-order valence-corrected chi connectivity index (χ2v) is 7.19. The number of fused-ring (bicyclic) bond motifs is 4. The molecule has 4 rings (SSSR count). The first-order valence-corrected chi connectivity index (χ1v) is 8.71. The highest BCUT2D eigenvalue weighted by Crippen LogP contribution is 2.44. The number of nitrogens with one attached hydrogen (secondary N) is 1. The average molecular weight is 351 g/mol. The summed E-state index contributed by atoms with van der Waals surface area (Å²) in [6.07, 6.45) is 0.565. The lowest BCUT2D eigenvalue weighted by atomic mass is 9.71. The maximum Gasteiger partial charge on any atom is 0.195 e. The summed E-state index contributed by atoms with van der Waals surface area (Å²) in [6.45, 7) is 4.66. The van der Waals surface area contributed by atoms with Gasteiger partial charge in [-0.25, -0.2) is 0 Å². The molecule has 134 valence electrons. The van der Waals surface area contributed by atoms with Crippen molar-refractivity contribution in [3.05, 3.63) is 58.8 Å². The Labute approximate surface area is 151 Å². The van der Waals surface area contributed by atoms with Gasteiger partial charge in [-0.15, -0.1) is 0 Å². The molecule has 0 amide bonds. The van der Waals surface area contributed by atoms with E-state index < -0.39 is 5.41 Å². The molecule has 0 atom stereocenters. The number of carbonyl (C=O) groups excluding carboxylic acids is 1. The SMILES string of the molecule is CC1(C)c2cc(OCCCO)ccc2C(=O)c2c1[nH]c1cc(O)ccc21. The van der Waals surface area contributed by atoms with Crippen molar-refractivity contribution < 1.29 is 19.7 Å². The molecule has 5 heteroatoms. The number of hydrogen-bond acceptors (Lipinski definition) is 4. The van der Waals surface area contributed by atoms with Crippen LogP contribution in [0.25, 0.3) is 10.9 Å². The van der Waals surface area contributed by atoms with Crippen molar-refractivity contribution in [3.8, 4) is 11.5 Å². The first kappa shape index (κ1) is 16.7. The van der Waals surface area contributed by atoms with Crippen molar-refractivity contribution in [2.45, 2.75) is 25.7 Å². The number of hydrogen-bond donors (Lipinski definition) is 3. The van der Waals surface area contributed by atoms with Gasteiger partial charge in [0.25, 0.3) is 0 Å². The van der Waals surface area contributed by atoms with E-state index >= 15 is 0 Å². The summed E-state index contributed by atoms with van der Waals surface area (Å²) in [6, 6.07) is 10.6. The predicted octanol–water partition coefficient (Wildman–Crippen LogP) is 3.51. The first-order valence-electron chi connectivity index (χ1n) is 8.71. The van der Waals surface area contributed by atoms with Crippen LogP contribution in [0.4, 0.5) is 0 Å². The van der Waals surface area contributed by atoms with Crippen LogP contribution in [0.15, 0.2) is 36.4 Å². The summed E-state index contributed by atoms with van der Waals surface area (Å²) in [7, 11) is 0. The fourth-order valence-electron chi connectivity index (χ4n) is 3.74. The molecule has 1 aromatic heterocycles. The molecule has 0 unspecified atom stereocenters. The Morgan fingerprint density at radius 2 is 1.96 bits per heavy atom. The fraction of sp³-hybridized carbons (Fsp3) is 0.286. The largest absolute Gasteiger partial charge is 0.508 e. The van der Waals surface area contributed by atoms with E-state index in [1.807, 2.05) is 12.1 Å². The van der Waals surface area contributed by atoms with Crippen LogP contribution in [-0.4, -0.2) is 34.2 Å². The van der Waals surface area contributed by atoms with Crippen molar-refractivity contribution >= 4 is 16.7 Å². The zero-order valence-corrected chi connectivity index (χ0v) is 14.8. The number of aliphatic hydroxyl groups excluding tert-OH is 1. The highest BCUT2D eigenvalue weighted by molar-refractivity contribution is 6.20. The fourth-order valence-corrected chi connectivity index (χ4v) is 3.74. The number of carbonyl (C=O) groups is 1. The number of H-pyrrole nitrogens is 1. The minimum atomic E-state index is -0.413. The predicted molar refractivity (Wildman–Crippen MR) is 99.2 cm³/mol. The van der Waals surface area contributed by atoms with Gasteiger partial charge in [-0.2, -0.15) is 0 Å². The summed E-state index contributed by atoms with van der Waals surface area (Å²) in [5, 5.41) is 19.5. The number of rotatable bonds is 4. The Balaban J connectivity index is 1.86. The lowest BCUT2D eigenvalue weighted by Gasteiger charge is -2.32. The first-order chi connectivity index (χ1) is 12.4. The van der Waals surface area contributed by atoms with Gasteiger partial charge in [-0.05, 0) is 35.9 Å². The third-order valence-electron chi connectivity index (χ3n) is 5.11. The molecular formula is C21H21NO4. The number of phenols is 1. The number of aromatic amines is 1. The third kappa shape index (κ3) is 2.39. The highest BCUT2D eigenvalue weighted by atomic mass is 16.5. The molecule has 1 aliphatic rings. The van der Waals surface area contributed by atoms with Gasteiger partial charge in [0.05, 0.1) is 17.7 Å². The number of ether oxygens (including phenoxy) is 1. The molecule has 5 nitrogen and oxygen atoms in total. The van der Waals surface area contributed by atoms with Gasteiger partial charge in [0, 0.05) is 41.2 Å². The van der Waals surface area contributed by atoms with Crippen molar-refractivity contribution in [2.75, 3.05) is 13.2 Å². The van der Waals surface area contributed by atoms with Crippen molar-refractivity contribution in [1.82, 2.24) is 4.98 Å².